The van der Waals surface area contributed by atoms with Gasteiger partial charge in [0.25, 0.3) is 10.0 Å². The van der Waals surface area contributed by atoms with Crippen LogP contribution >= 0.6 is 11.3 Å². The van der Waals surface area contributed by atoms with Crippen LogP contribution in [-0.2, 0) is 14.8 Å². The van der Waals surface area contributed by atoms with Crippen LogP contribution in [0.5, 0.6) is 0 Å². The molecule has 1 aromatic rings. The number of sulfonamides is 1. The summed E-state index contributed by atoms with van der Waals surface area (Å²) in [5.41, 5.74) is 5.04. The van der Waals surface area contributed by atoms with Crippen LogP contribution in [0.25, 0.3) is 0 Å². The summed E-state index contributed by atoms with van der Waals surface area (Å²) in [5.74, 6) is 0. The highest BCUT2D eigenvalue weighted by Crippen LogP contribution is 2.36. The van der Waals surface area contributed by atoms with Crippen molar-refractivity contribution in [2.45, 2.75) is 10.3 Å². The van der Waals surface area contributed by atoms with E-state index in [-0.39, 0.29) is 35.5 Å². The summed E-state index contributed by atoms with van der Waals surface area (Å²) in [6.45, 7) is 0.00102. The van der Waals surface area contributed by atoms with Gasteiger partial charge in [0.2, 0.25) is 0 Å². The third kappa shape index (κ3) is 2.76. The van der Waals surface area contributed by atoms with Crippen LogP contribution in [0.1, 0.15) is 0 Å². The van der Waals surface area contributed by atoms with Gasteiger partial charge in [0, 0.05) is 19.2 Å². The normalized spacial score (nSPS) is 20.9. The standard InChI is InChI=1S/C9H13N3O6S2/c10-9-7(12(14)15)3-8(19-9)20(16,17)11-1-2-18-6(4-11)5-13/h3,6,13H,1-2,4-5,10H2. The largest absolute Gasteiger partial charge is 0.394 e. The number of nitrogens with zero attached hydrogens (tertiary/aromatic N) is 2. The van der Waals surface area contributed by atoms with Crippen molar-refractivity contribution in [2.75, 3.05) is 32.0 Å². The number of thiophene rings is 1. The van der Waals surface area contributed by atoms with E-state index >= 15 is 0 Å². The molecular formula is C9H13N3O6S2. The van der Waals surface area contributed by atoms with Crippen LogP contribution in [0, 0.1) is 10.1 Å². The number of aliphatic hydroxyl groups is 1. The molecule has 1 fully saturated rings. The zero-order valence-corrected chi connectivity index (χ0v) is 11.9. The van der Waals surface area contributed by atoms with Crippen molar-refractivity contribution in [2.24, 2.45) is 0 Å². The summed E-state index contributed by atoms with van der Waals surface area (Å²) in [6.07, 6.45) is -0.592. The van der Waals surface area contributed by atoms with Crippen molar-refractivity contribution in [1.29, 1.82) is 0 Å². The Bertz CT molecular complexity index is 613. The van der Waals surface area contributed by atoms with Crippen LogP contribution in [-0.4, -0.2) is 55.2 Å². The summed E-state index contributed by atoms with van der Waals surface area (Å²) < 4.78 is 30.8. The van der Waals surface area contributed by atoms with Crippen molar-refractivity contribution in [3.8, 4) is 0 Å². The van der Waals surface area contributed by atoms with Gasteiger partial charge in [-0.25, -0.2) is 8.42 Å². The van der Waals surface area contributed by atoms with Crippen LogP contribution in [0.3, 0.4) is 0 Å². The van der Waals surface area contributed by atoms with Crippen molar-refractivity contribution < 1.29 is 23.2 Å². The summed E-state index contributed by atoms with van der Waals surface area (Å²) >= 11 is 0.655. The first kappa shape index (κ1) is 15.1. The number of ether oxygens (including phenoxy) is 1. The van der Waals surface area contributed by atoms with E-state index in [1.165, 1.54) is 0 Å². The Morgan fingerprint density at radius 3 is 2.90 bits per heavy atom. The van der Waals surface area contributed by atoms with Gasteiger partial charge in [-0.1, -0.05) is 11.3 Å². The molecule has 0 aromatic carbocycles. The molecule has 3 N–H and O–H groups in total. The van der Waals surface area contributed by atoms with E-state index in [0.29, 0.717) is 11.3 Å². The number of nitrogens with two attached hydrogens (primary N) is 1. The van der Waals surface area contributed by atoms with E-state index in [0.717, 1.165) is 10.4 Å². The van der Waals surface area contributed by atoms with Crippen molar-refractivity contribution >= 4 is 32.0 Å². The number of nitrogen functional groups attached to an aromatic ring is 1. The summed E-state index contributed by atoms with van der Waals surface area (Å²) in [5, 5.41) is 19.6. The minimum atomic E-state index is -3.86. The van der Waals surface area contributed by atoms with Crippen molar-refractivity contribution in [3.05, 3.63) is 16.2 Å². The highest BCUT2D eigenvalue weighted by Gasteiger charge is 2.33. The molecule has 1 atom stereocenters. The third-order valence-electron chi connectivity index (χ3n) is 2.81. The fourth-order valence-electron chi connectivity index (χ4n) is 1.79. The van der Waals surface area contributed by atoms with Gasteiger partial charge in [0.1, 0.15) is 4.21 Å². The minimum absolute atomic E-state index is 0.00440. The maximum Gasteiger partial charge on any atom is 0.304 e. The Labute approximate surface area is 118 Å². The van der Waals surface area contributed by atoms with Crippen LogP contribution < -0.4 is 5.73 Å². The predicted molar refractivity (Wildman–Crippen MR) is 71.0 cm³/mol. The molecule has 2 heterocycles. The quantitative estimate of drug-likeness (QED) is 0.569. The molecule has 112 valence electrons. The second-order valence-corrected chi connectivity index (χ2v) is 7.36. The van der Waals surface area contributed by atoms with Gasteiger partial charge in [0.15, 0.2) is 5.00 Å². The Balaban J connectivity index is 2.30. The fourth-order valence-corrected chi connectivity index (χ4v) is 4.62. The highest BCUT2D eigenvalue weighted by molar-refractivity contribution is 7.91. The lowest BCUT2D eigenvalue weighted by molar-refractivity contribution is -0.383. The summed E-state index contributed by atoms with van der Waals surface area (Å²) in [7, 11) is -3.86. The van der Waals surface area contributed by atoms with Crippen LogP contribution in [0.15, 0.2) is 10.3 Å². The van der Waals surface area contributed by atoms with E-state index in [9.17, 15) is 18.5 Å². The molecule has 20 heavy (non-hydrogen) atoms. The van der Waals surface area contributed by atoms with E-state index in [4.69, 9.17) is 15.6 Å². The number of morpholine rings is 1. The number of hydrogen-bond acceptors (Lipinski definition) is 8. The van der Waals surface area contributed by atoms with Gasteiger partial charge in [-0.3, -0.25) is 10.1 Å². The number of aliphatic hydroxyl groups excluding tert-OH is 1. The second-order valence-electron chi connectivity index (χ2n) is 4.11. The average molecular weight is 323 g/mol. The van der Waals surface area contributed by atoms with Gasteiger partial charge in [0.05, 0.1) is 24.2 Å². The van der Waals surface area contributed by atoms with Gasteiger partial charge >= 0.3 is 5.69 Å². The first-order valence-corrected chi connectivity index (χ1v) is 7.88. The molecule has 1 aliphatic rings. The lowest BCUT2D eigenvalue weighted by atomic mass is 10.3. The highest BCUT2D eigenvalue weighted by atomic mass is 32.2. The van der Waals surface area contributed by atoms with Crippen molar-refractivity contribution in [1.82, 2.24) is 4.31 Å². The Morgan fingerprint density at radius 2 is 2.35 bits per heavy atom. The van der Waals surface area contributed by atoms with Gasteiger partial charge < -0.3 is 15.6 Å². The molecule has 1 aliphatic heterocycles. The molecule has 0 saturated carbocycles. The third-order valence-corrected chi connectivity index (χ3v) is 6.08. The summed E-state index contributed by atoms with van der Waals surface area (Å²) in [4.78, 5) is 9.99. The Morgan fingerprint density at radius 1 is 1.65 bits per heavy atom. The molecule has 1 aromatic heterocycles. The lowest BCUT2D eigenvalue weighted by Crippen LogP contribution is -2.46. The molecular weight excluding hydrogens is 310 g/mol. The zero-order valence-electron chi connectivity index (χ0n) is 10.3. The molecule has 0 spiro atoms. The Hall–Kier alpha value is -1.27. The zero-order chi connectivity index (χ0) is 14.9. The van der Waals surface area contributed by atoms with Crippen LogP contribution in [0.4, 0.5) is 10.7 Å². The molecule has 2 rings (SSSR count). The average Bonchev–Trinajstić information content (AvgIpc) is 2.82. The molecule has 0 bridgehead atoms. The smallest absolute Gasteiger partial charge is 0.304 e. The first-order valence-electron chi connectivity index (χ1n) is 5.62. The molecule has 1 unspecified atom stereocenters. The fraction of sp³-hybridized carbons (Fsp3) is 0.556. The molecule has 1 saturated heterocycles. The van der Waals surface area contributed by atoms with Crippen molar-refractivity contribution in [3.63, 3.8) is 0 Å². The van der Waals surface area contributed by atoms with Gasteiger partial charge in [-0.15, -0.1) is 0 Å². The molecule has 0 aliphatic carbocycles. The molecule has 0 radical (unpaired) electrons. The minimum Gasteiger partial charge on any atom is -0.394 e. The first-order chi connectivity index (χ1) is 9.36. The SMILES string of the molecule is Nc1sc(S(=O)(=O)N2CCOC(CO)C2)cc1[N+](=O)[O-]. The van der Waals surface area contributed by atoms with E-state index in [2.05, 4.69) is 0 Å². The van der Waals surface area contributed by atoms with Gasteiger partial charge in [-0.05, 0) is 0 Å². The number of hydrogen-bond donors (Lipinski definition) is 2. The van der Waals surface area contributed by atoms with Crippen LogP contribution in [0.2, 0.25) is 0 Å². The monoisotopic (exact) mass is 323 g/mol. The molecule has 11 heteroatoms. The topological polar surface area (TPSA) is 136 Å². The molecule has 0 amide bonds. The van der Waals surface area contributed by atoms with E-state index in [1.54, 1.807) is 0 Å². The van der Waals surface area contributed by atoms with Gasteiger partial charge in [-0.2, -0.15) is 4.31 Å². The number of anilines is 1. The molecule has 9 nitrogen and oxygen atoms in total. The van der Waals surface area contributed by atoms with E-state index in [1.807, 2.05) is 0 Å². The maximum atomic E-state index is 12.4. The summed E-state index contributed by atoms with van der Waals surface area (Å²) in [6, 6.07) is 0.957. The maximum absolute atomic E-state index is 12.4. The second kappa shape index (κ2) is 5.61. The Kier molecular flexibility index (Phi) is 4.25. The lowest BCUT2D eigenvalue weighted by Gasteiger charge is -2.30. The number of nitro groups is 1. The van der Waals surface area contributed by atoms with E-state index < -0.39 is 26.7 Å². The predicted octanol–water partition coefficient (Wildman–Crippen LogP) is -0.380. The number of rotatable bonds is 4.